The van der Waals surface area contributed by atoms with E-state index in [2.05, 4.69) is 36.9 Å². The zero-order valence-electron chi connectivity index (χ0n) is 24.6. The molecule has 45 heavy (non-hydrogen) atoms. The van der Waals surface area contributed by atoms with Gasteiger partial charge in [-0.15, -0.1) is 0 Å². The molecule has 5 aromatic carbocycles. The van der Waals surface area contributed by atoms with Crippen molar-refractivity contribution >= 4 is 45.1 Å². The Labute approximate surface area is 259 Å². The molecule has 0 bridgehead atoms. The Morgan fingerprint density at radius 3 is 1.69 bits per heavy atom. The summed E-state index contributed by atoms with van der Waals surface area (Å²) in [6.07, 6.45) is 5.85. The molecule has 0 spiro atoms. The second-order valence-corrected chi connectivity index (χ2v) is 10.8. The first-order valence-electron chi connectivity index (χ1n) is 14.9. The monoisotopic (exact) mass is 581 g/mol. The number of hydrogen-bond donors (Lipinski definition) is 0. The first-order chi connectivity index (χ1) is 22.2. The molecule has 0 aliphatic rings. The molecule has 0 radical (unpaired) electrons. The van der Waals surface area contributed by atoms with E-state index in [0.717, 1.165) is 72.0 Å². The van der Waals surface area contributed by atoms with Gasteiger partial charge < -0.3 is 8.83 Å². The van der Waals surface area contributed by atoms with Gasteiger partial charge in [0.1, 0.15) is 22.5 Å². The van der Waals surface area contributed by atoms with Crippen molar-refractivity contribution in [2.24, 2.45) is 0 Å². The molecule has 5 nitrogen and oxygen atoms in total. The van der Waals surface area contributed by atoms with Crippen LogP contribution in [0.5, 0.6) is 0 Å². The van der Waals surface area contributed by atoms with E-state index in [4.69, 9.17) is 23.8 Å². The van der Waals surface area contributed by atoms with Gasteiger partial charge in [-0.1, -0.05) is 122 Å². The highest BCUT2D eigenvalue weighted by Crippen LogP contribution is 2.44. The van der Waals surface area contributed by atoms with Crippen LogP contribution in [-0.2, 0) is 0 Å². The van der Waals surface area contributed by atoms with Crippen LogP contribution in [0.1, 0.15) is 18.2 Å². The van der Waals surface area contributed by atoms with E-state index < -0.39 is 0 Å². The molecule has 8 rings (SSSR count). The largest absolute Gasteiger partial charge is 0.455 e. The van der Waals surface area contributed by atoms with Gasteiger partial charge in [0.15, 0.2) is 17.5 Å². The maximum atomic E-state index is 6.50. The number of aromatic nitrogens is 3. The van der Waals surface area contributed by atoms with Gasteiger partial charge in [0.05, 0.1) is 5.56 Å². The third kappa shape index (κ3) is 4.53. The number of furan rings is 2. The maximum absolute atomic E-state index is 6.50. The van der Waals surface area contributed by atoms with Crippen molar-refractivity contribution in [2.75, 3.05) is 0 Å². The number of rotatable bonds is 6. The Hall–Kier alpha value is -6.07. The van der Waals surface area contributed by atoms with Gasteiger partial charge in [-0.3, -0.25) is 0 Å². The summed E-state index contributed by atoms with van der Waals surface area (Å²) in [5.74, 6) is 2.58. The van der Waals surface area contributed by atoms with Crippen LogP contribution < -0.4 is 0 Å². The highest BCUT2D eigenvalue weighted by Gasteiger charge is 2.22. The van der Waals surface area contributed by atoms with E-state index in [1.165, 1.54) is 0 Å². The van der Waals surface area contributed by atoms with E-state index in [9.17, 15) is 0 Å². The van der Waals surface area contributed by atoms with Crippen LogP contribution in [0, 0.1) is 0 Å². The number of fused-ring (bicyclic) bond motifs is 4. The number of allylic oxidation sites excluding steroid dienone is 1. The standard InChI is InChI=1S/C40H27N3O2/c1-3-13-29-31-24-32-30-18-11-12-19-34(30)45-37(32)35(36(31)44-33(29)4-2)25-20-22-28(23-21-25)40-42-38(26-14-7-5-8-15-26)41-39(43-40)27-16-9-6-10-17-27/h3-24H,2H2,1H3/b13-3-. The first kappa shape index (κ1) is 26.5. The fourth-order valence-corrected chi connectivity index (χ4v) is 5.92. The van der Waals surface area contributed by atoms with Gasteiger partial charge in [-0.2, -0.15) is 0 Å². The summed E-state index contributed by atoms with van der Waals surface area (Å²) < 4.78 is 13.0. The average molecular weight is 582 g/mol. The molecule has 3 heterocycles. The highest BCUT2D eigenvalue weighted by molar-refractivity contribution is 6.18. The Bertz CT molecular complexity index is 2330. The molecular weight excluding hydrogens is 554 g/mol. The Kier molecular flexibility index (Phi) is 6.42. The third-order valence-corrected chi connectivity index (χ3v) is 8.04. The van der Waals surface area contributed by atoms with Gasteiger partial charge in [-0.05, 0) is 30.7 Å². The van der Waals surface area contributed by atoms with Crippen LogP contribution in [-0.4, -0.2) is 15.0 Å². The average Bonchev–Trinajstić information content (AvgIpc) is 3.65. The summed E-state index contributed by atoms with van der Waals surface area (Å²) in [5.41, 5.74) is 7.98. The van der Waals surface area contributed by atoms with Gasteiger partial charge in [0, 0.05) is 38.4 Å². The SMILES string of the molecule is C=Cc1oc2c(-c3ccc(-c4nc(-c5ccccc5)nc(-c5ccccc5)n4)cc3)c3oc4ccccc4c3cc2c1/C=C\C. The van der Waals surface area contributed by atoms with Crippen LogP contribution >= 0.6 is 0 Å². The van der Waals surface area contributed by atoms with Gasteiger partial charge in [0.2, 0.25) is 0 Å². The predicted molar refractivity (Wildman–Crippen MR) is 183 cm³/mol. The van der Waals surface area contributed by atoms with Crippen molar-refractivity contribution in [1.29, 1.82) is 0 Å². The smallest absolute Gasteiger partial charge is 0.164 e. The normalized spacial score (nSPS) is 11.7. The third-order valence-electron chi connectivity index (χ3n) is 8.04. The summed E-state index contributed by atoms with van der Waals surface area (Å²) in [4.78, 5) is 14.6. The highest BCUT2D eigenvalue weighted by atomic mass is 16.3. The molecule has 0 aliphatic carbocycles. The second kappa shape index (κ2) is 10.9. The predicted octanol–water partition coefficient (Wildman–Crippen LogP) is 10.9. The van der Waals surface area contributed by atoms with E-state index in [1.54, 1.807) is 6.08 Å². The van der Waals surface area contributed by atoms with Crippen molar-refractivity contribution in [3.63, 3.8) is 0 Å². The quantitative estimate of drug-likeness (QED) is 0.195. The van der Waals surface area contributed by atoms with Crippen LogP contribution in [0.15, 0.2) is 137 Å². The van der Waals surface area contributed by atoms with Gasteiger partial charge >= 0.3 is 0 Å². The van der Waals surface area contributed by atoms with Gasteiger partial charge in [-0.25, -0.2) is 15.0 Å². The topological polar surface area (TPSA) is 65.0 Å². The molecule has 8 aromatic rings. The van der Waals surface area contributed by atoms with Crippen LogP contribution in [0.3, 0.4) is 0 Å². The summed E-state index contributed by atoms with van der Waals surface area (Å²) >= 11 is 0. The van der Waals surface area contributed by atoms with Crippen LogP contribution in [0.2, 0.25) is 0 Å². The lowest BCUT2D eigenvalue weighted by atomic mass is 9.97. The summed E-state index contributed by atoms with van der Waals surface area (Å²) in [6, 6.07) is 38.5. The molecule has 0 aliphatic heterocycles. The number of para-hydroxylation sites is 1. The first-order valence-corrected chi connectivity index (χ1v) is 14.9. The molecule has 0 atom stereocenters. The van der Waals surface area contributed by atoms with Crippen molar-refractivity contribution in [1.82, 2.24) is 15.0 Å². The van der Waals surface area contributed by atoms with Crippen molar-refractivity contribution in [3.05, 3.63) is 139 Å². The van der Waals surface area contributed by atoms with E-state index in [-0.39, 0.29) is 0 Å². The molecule has 0 saturated heterocycles. The fourth-order valence-electron chi connectivity index (χ4n) is 5.92. The molecule has 0 unspecified atom stereocenters. The second-order valence-electron chi connectivity index (χ2n) is 10.8. The van der Waals surface area contributed by atoms with Crippen LogP contribution in [0.4, 0.5) is 0 Å². The van der Waals surface area contributed by atoms with Gasteiger partial charge in [0.25, 0.3) is 0 Å². The zero-order valence-corrected chi connectivity index (χ0v) is 24.6. The minimum absolute atomic E-state index is 0.601. The Morgan fingerprint density at radius 1 is 0.556 bits per heavy atom. The lowest BCUT2D eigenvalue weighted by Crippen LogP contribution is -2.00. The molecule has 0 amide bonds. The lowest BCUT2D eigenvalue weighted by molar-refractivity contribution is 0.603. The van der Waals surface area contributed by atoms with E-state index >= 15 is 0 Å². The van der Waals surface area contributed by atoms with Crippen molar-refractivity contribution < 1.29 is 8.83 Å². The number of nitrogens with zero attached hydrogens (tertiary/aromatic N) is 3. The summed E-state index contributed by atoms with van der Waals surface area (Å²) in [5, 5.41) is 3.11. The molecule has 5 heteroatoms. The lowest BCUT2D eigenvalue weighted by Gasteiger charge is -2.09. The molecular formula is C40H27N3O2. The minimum atomic E-state index is 0.601. The van der Waals surface area contributed by atoms with Crippen LogP contribution in [0.25, 0.3) is 90.4 Å². The zero-order chi connectivity index (χ0) is 30.3. The summed E-state index contributed by atoms with van der Waals surface area (Å²) in [6.45, 7) is 6.02. The molecule has 214 valence electrons. The number of hydrogen-bond acceptors (Lipinski definition) is 5. The molecule has 0 fully saturated rings. The number of benzene rings is 5. The minimum Gasteiger partial charge on any atom is -0.455 e. The van der Waals surface area contributed by atoms with E-state index in [0.29, 0.717) is 17.5 Å². The molecule has 3 aromatic heterocycles. The van der Waals surface area contributed by atoms with E-state index in [1.807, 2.05) is 104 Å². The maximum Gasteiger partial charge on any atom is 0.164 e. The Balaban J connectivity index is 1.33. The summed E-state index contributed by atoms with van der Waals surface area (Å²) in [7, 11) is 0. The molecule has 0 N–H and O–H groups in total. The Morgan fingerprint density at radius 2 is 1.09 bits per heavy atom. The molecule has 0 saturated carbocycles. The van der Waals surface area contributed by atoms with Crippen molar-refractivity contribution in [3.8, 4) is 45.3 Å². The fraction of sp³-hybridized carbons (Fsp3) is 0.0250. The van der Waals surface area contributed by atoms with Crippen molar-refractivity contribution in [2.45, 2.75) is 6.92 Å².